The van der Waals surface area contributed by atoms with Gasteiger partial charge in [0.2, 0.25) is 0 Å². The zero-order chi connectivity index (χ0) is 22.6. The predicted molar refractivity (Wildman–Crippen MR) is 120 cm³/mol. The number of aromatic nitrogens is 2. The molecule has 0 spiro atoms. The summed E-state index contributed by atoms with van der Waals surface area (Å²) in [4.78, 5) is 24.5. The van der Waals surface area contributed by atoms with Gasteiger partial charge in [0.15, 0.2) is 16.4 Å². The van der Waals surface area contributed by atoms with Gasteiger partial charge in [-0.3, -0.25) is 9.59 Å². The van der Waals surface area contributed by atoms with Crippen LogP contribution in [0.2, 0.25) is 0 Å². The van der Waals surface area contributed by atoms with Gasteiger partial charge in [-0.2, -0.15) is 5.10 Å². The van der Waals surface area contributed by atoms with Gasteiger partial charge in [0.05, 0.1) is 22.9 Å². The number of carbonyl (C=O) groups excluding carboxylic acids is 2. The number of esters is 1. The maximum absolute atomic E-state index is 12.5. The third-order valence-electron chi connectivity index (χ3n) is 5.19. The van der Waals surface area contributed by atoms with E-state index in [0.717, 1.165) is 11.3 Å². The smallest absolute Gasteiger partial charge is 0.306 e. The van der Waals surface area contributed by atoms with Crippen molar-refractivity contribution in [3.8, 4) is 16.9 Å². The Morgan fingerprint density at radius 1 is 1.06 bits per heavy atom. The summed E-state index contributed by atoms with van der Waals surface area (Å²) in [7, 11) is -3.06. The van der Waals surface area contributed by atoms with Crippen LogP contribution in [0.1, 0.15) is 12.8 Å². The molecular formula is C23H23N3O5S. The first kappa shape index (κ1) is 21.8. The van der Waals surface area contributed by atoms with Crippen molar-refractivity contribution < 1.29 is 22.7 Å². The average Bonchev–Trinajstić information content (AvgIpc) is 3.36. The molecule has 1 N–H and O–H groups in total. The van der Waals surface area contributed by atoms with Crippen molar-refractivity contribution in [2.45, 2.75) is 12.8 Å². The van der Waals surface area contributed by atoms with E-state index in [9.17, 15) is 18.0 Å². The minimum Gasteiger partial charge on any atom is -0.456 e. The van der Waals surface area contributed by atoms with Crippen molar-refractivity contribution >= 4 is 27.5 Å². The molecule has 0 saturated carbocycles. The first-order valence-corrected chi connectivity index (χ1v) is 12.1. The van der Waals surface area contributed by atoms with Gasteiger partial charge in [-0.25, -0.2) is 13.1 Å². The quantitative estimate of drug-likeness (QED) is 0.551. The second-order valence-electron chi connectivity index (χ2n) is 7.71. The summed E-state index contributed by atoms with van der Waals surface area (Å²) in [5.74, 6) is -0.801. The number of anilines is 1. The van der Waals surface area contributed by atoms with E-state index in [1.807, 2.05) is 60.7 Å². The number of para-hydroxylation sites is 1. The molecule has 2 aromatic carbocycles. The minimum absolute atomic E-state index is 0.00712. The summed E-state index contributed by atoms with van der Waals surface area (Å²) in [5.41, 5.74) is 2.35. The van der Waals surface area contributed by atoms with Crippen molar-refractivity contribution in [1.29, 1.82) is 0 Å². The molecule has 1 fully saturated rings. The highest BCUT2D eigenvalue weighted by Crippen LogP contribution is 2.25. The molecule has 166 valence electrons. The molecule has 1 unspecified atom stereocenters. The van der Waals surface area contributed by atoms with E-state index in [1.54, 1.807) is 10.7 Å². The molecule has 1 aliphatic rings. The Hall–Kier alpha value is -3.46. The molecule has 32 heavy (non-hydrogen) atoms. The van der Waals surface area contributed by atoms with Gasteiger partial charge in [0, 0.05) is 18.1 Å². The van der Waals surface area contributed by atoms with Gasteiger partial charge in [0.1, 0.15) is 5.82 Å². The van der Waals surface area contributed by atoms with Gasteiger partial charge in [-0.1, -0.05) is 48.5 Å². The molecule has 8 nitrogen and oxygen atoms in total. The van der Waals surface area contributed by atoms with Crippen LogP contribution in [0.3, 0.4) is 0 Å². The van der Waals surface area contributed by atoms with Crippen molar-refractivity contribution in [3.05, 3.63) is 66.7 Å². The van der Waals surface area contributed by atoms with Crippen LogP contribution in [-0.2, 0) is 24.2 Å². The molecule has 9 heteroatoms. The Morgan fingerprint density at radius 3 is 2.41 bits per heavy atom. The summed E-state index contributed by atoms with van der Waals surface area (Å²) in [6, 6.07) is 20.7. The summed E-state index contributed by atoms with van der Waals surface area (Å²) >= 11 is 0. The third-order valence-corrected chi connectivity index (χ3v) is 7.03. The van der Waals surface area contributed by atoms with Crippen LogP contribution in [-0.4, -0.2) is 48.2 Å². The van der Waals surface area contributed by atoms with Crippen molar-refractivity contribution in [3.63, 3.8) is 0 Å². The first-order valence-electron chi connectivity index (χ1n) is 10.3. The molecule has 1 amide bonds. The lowest BCUT2D eigenvalue weighted by Gasteiger charge is -2.10. The number of rotatable bonds is 7. The fourth-order valence-electron chi connectivity index (χ4n) is 3.64. The number of nitrogens with zero attached hydrogens (tertiary/aromatic N) is 2. The SMILES string of the molecule is O=C(COC(=O)CC1CCS(=O)(=O)C1)Nc1cc(-c2ccccc2)nn1-c1ccccc1. The second kappa shape index (κ2) is 9.35. The van der Waals surface area contributed by atoms with E-state index >= 15 is 0 Å². The number of nitrogens with one attached hydrogen (secondary N) is 1. The Balaban J connectivity index is 1.43. The van der Waals surface area contributed by atoms with E-state index in [0.29, 0.717) is 17.9 Å². The first-order chi connectivity index (χ1) is 15.4. The van der Waals surface area contributed by atoms with Gasteiger partial charge >= 0.3 is 5.97 Å². The number of sulfone groups is 1. The zero-order valence-corrected chi connectivity index (χ0v) is 18.1. The lowest BCUT2D eigenvalue weighted by molar-refractivity contribution is -0.148. The molecule has 0 bridgehead atoms. The number of benzene rings is 2. The molecular weight excluding hydrogens is 430 g/mol. The molecule has 1 atom stereocenters. The fraction of sp³-hybridized carbons (Fsp3) is 0.261. The molecule has 1 aliphatic heterocycles. The van der Waals surface area contributed by atoms with Crippen LogP contribution in [0.15, 0.2) is 66.7 Å². The number of amides is 1. The van der Waals surface area contributed by atoms with Crippen molar-refractivity contribution in [1.82, 2.24) is 9.78 Å². The Kier molecular flexibility index (Phi) is 6.36. The maximum atomic E-state index is 12.5. The average molecular weight is 454 g/mol. The second-order valence-corrected chi connectivity index (χ2v) is 9.94. The minimum atomic E-state index is -3.06. The lowest BCUT2D eigenvalue weighted by atomic mass is 10.1. The fourth-order valence-corrected chi connectivity index (χ4v) is 5.50. The molecule has 4 rings (SSSR count). The van der Waals surface area contributed by atoms with Crippen molar-refractivity contribution in [2.24, 2.45) is 5.92 Å². The summed E-state index contributed by atoms with van der Waals surface area (Å²) in [5, 5.41) is 7.37. The van der Waals surface area contributed by atoms with Crippen LogP contribution in [0.5, 0.6) is 0 Å². The van der Waals surface area contributed by atoms with Crippen LogP contribution in [0.25, 0.3) is 16.9 Å². The summed E-state index contributed by atoms with van der Waals surface area (Å²) in [6.07, 6.45) is 0.439. The number of carbonyl (C=O) groups is 2. The van der Waals surface area contributed by atoms with E-state index in [1.165, 1.54) is 0 Å². The Bertz CT molecular complexity index is 1210. The molecule has 0 aliphatic carbocycles. The van der Waals surface area contributed by atoms with E-state index in [-0.39, 0.29) is 23.8 Å². The topological polar surface area (TPSA) is 107 Å². The highest BCUT2D eigenvalue weighted by molar-refractivity contribution is 7.91. The monoisotopic (exact) mass is 453 g/mol. The Labute approximate surface area is 186 Å². The van der Waals surface area contributed by atoms with Crippen LogP contribution >= 0.6 is 0 Å². The lowest BCUT2D eigenvalue weighted by Crippen LogP contribution is -2.23. The largest absolute Gasteiger partial charge is 0.456 e. The summed E-state index contributed by atoms with van der Waals surface area (Å²) in [6.45, 7) is -0.459. The molecule has 1 saturated heterocycles. The van der Waals surface area contributed by atoms with Gasteiger partial charge in [0.25, 0.3) is 5.91 Å². The maximum Gasteiger partial charge on any atom is 0.306 e. The van der Waals surface area contributed by atoms with Gasteiger partial charge < -0.3 is 10.1 Å². The summed E-state index contributed by atoms with van der Waals surface area (Å²) < 4.78 is 29.7. The molecule has 3 aromatic rings. The van der Waals surface area contributed by atoms with Crippen LogP contribution in [0, 0.1) is 5.92 Å². The van der Waals surface area contributed by atoms with Crippen LogP contribution < -0.4 is 5.32 Å². The number of hydrogen-bond acceptors (Lipinski definition) is 6. The van der Waals surface area contributed by atoms with Crippen LogP contribution in [0.4, 0.5) is 5.82 Å². The molecule has 2 heterocycles. The van der Waals surface area contributed by atoms with E-state index < -0.39 is 28.3 Å². The number of ether oxygens (including phenoxy) is 1. The van der Waals surface area contributed by atoms with Crippen molar-refractivity contribution in [2.75, 3.05) is 23.4 Å². The standard InChI is InChI=1S/C23H23N3O5S/c27-22(15-31-23(28)13-17-11-12-32(29,30)16-17)24-21-14-20(18-7-3-1-4-8-18)25-26(21)19-9-5-2-6-10-19/h1-10,14,17H,11-13,15-16H2,(H,24,27). The molecule has 1 aromatic heterocycles. The Morgan fingerprint density at radius 2 is 1.75 bits per heavy atom. The highest BCUT2D eigenvalue weighted by atomic mass is 32.2. The number of hydrogen-bond donors (Lipinski definition) is 1. The van der Waals surface area contributed by atoms with Gasteiger partial charge in [-0.15, -0.1) is 0 Å². The van der Waals surface area contributed by atoms with E-state index in [2.05, 4.69) is 10.4 Å². The van der Waals surface area contributed by atoms with E-state index in [4.69, 9.17) is 4.74 Å². The normalized spacial score (nSPS) is 17.1. The van der Waals surface area contributed by atoms with Gasteiger partial charge in [-0.05, 0) is 24.5 Å². The molecule has 0 radical (unpaired) electrons. The predicted octanol–water partition coefficient (Wildman–Crippen LogP) is 2.85. The zero-order valence-electron chi connectivity index (χ0n) is 17.3. The third kappa shape index (κ3) is 5.42. The highest BCUT2D eigenvalue weighted by Gasteiger charge is 2.30.